The molecule has 0 unspecified atom stereocenters. The van der Waals surface area contributed by atoms with Gasteiger partial charge < -0.3 is 24.6 Å². The van der Waals surface area contributed by atoms with E-state index in [9.17, 15) is 14.4 Å². The summed E-state index contributed by atoms with van der Waals surface area (Å²) in [6, 6.07) is 13.2. The van der Waals surface area contributed by atoms with E-state index in [1.54, 1.807) is 30.3 Å². The maximum atomic E-state index is 13.2. The van der Waals surface area contributed by atoms with Crippen molar-refractivity contribution in [2.24, 2.45) is 0 Å². The molecule has 32 heavy (non-hydrogen) atoms. The fourth-order valence-corrected chi connectivity index (χ4v) is 3.73. The molecule has 3 amide bonds. The van der Waals surface area contributed by atoms with Crippen LogP contribution in [-0.2, 0) is 32.2 Å². The van der Waals surface area contributed by atoms with Crippen LogP contribution < -0.4 is 5.32 Å². The van der Waals surface area contributed by atoms with Crippen molar-refractivity contribution in [3.63, 3.8) is 0 Å². The smallest absolute Gasteiger partial charge is 0.325 e. The minimum absolute atomic E-state index is 0.101. The van der Waals surface area contributed by atoms with Crippen LogP contribution in [0.15, 0.2) is 47.8 Å². The molecule has 0 bridgehead atoms. The lowest BCUT2D eigenvalue weighted by molar-refractivity contribution is -0.141. The molecule has 1 heterocycles. The second-order valence-corrected chi connectivity index (χ2v) is 8.08. The van der Waals surface area contributed by atoms with Crippen molar-refractivity contribution in [3.8, 4) is 0 Å². The van der Waals surface area contributed by atoms with Gasteiger partial charge in [-0.3, -0.25) is 9.59 Å². The molecule has 9 heteroatoms. The summed E-state index contributed by atoms with van der Waals surface area (Å²) >= 11 is 1.58. The van der Waals surface area contributed by atoms with E-state index in [0.29, 0.717) is 32.7 Å². The van der Waals surface area contributed by atoms with Gasteiger partial charge in [0, 0.05) is 31.7 Å². The summed E-state index contributed by atoms with van der Waals surface area (Å²) in [7, 11) is 1.58. The highest BCUT2D eigenvalue weighted by Crippen LogP contribution is 2.15. The number of rotatable bonds is 13. The summed E-state index contributed by atoms with van der Waals surface area (Å²) in [6.07, 6.45) is 0.570. The summed E-state index contributed by atoms with van der Waals surface area (Å²) in [4.78, 5) is 41.7. The molecule has 8 nitrogen and oxygen atoms in total. The number of hydrogen-bond donors (Lipinski definition) is 1. The van der Waals surface area contributed by atoms with Gasteiger partial charge in [-0.25, -0.2) is 4.79 Å². The zero-order valence-electron chi connectivity index (χ0n) is 18.6. The lowest BCUT2D eigenvalue weighted by Crippen LogP contribution is -2.48. The molecule has 0 fully saturated rings. The molecule has 1 N–H and O–H groups in total. The normalized spacial score (nSPS) is 10.4. The molecular weight excluding hydrogens is 430 g/mol. The van der Waals surface area contributed by atoms with E-state index in [0.717, 1.165) is 10.4 Å². The highest BCUT2D eigenvalue weighted by atomic mass is 32.1. The molecule has 2 rings (SSSR count). The molecule has 0 aliphatic heterocycles. The van der Waals surface area contributed by atoms with Gasteiger partial charge >= 0.3 is 12.0 Å². The lowest BCUT2D eigenvalue weighted by Gasteiger charge is -2.27. The van der Waals surface area contributed by atoms with E-state index >= 15 is 0 Å². The Morgan fingerprint density at radius 3 is 2.47 bits per heavy atom. The highest BCUT2D eigenvalue weighted by Gasteiger charge is 2.22. The van der Waals surface area contributed by atoms with Gasteiger partial charge in [0.15, 0.2) is 0 Å². The predicted octanol–water partition coefficient (Wildman–Crippen LogP) is 2.89. The minimum atomic E-state index is -0.521. The maximum absolute atomic E-state index is 13.2. The number of carbonyl (C=O) groups is 3. The number of hydrogen-bond acceptors (Lipinski definition) is 6. The number of nitrogens with zero attached hydrogens (tertiary/aromatic N) is 2. The first kappa shape index (κ1) is 25.4. The SMILES string of the molecule is CCOC(=O)CNC(=O)N(CCCOC)CC(=O)N(Cc1ccccc1)Cc1cccs1. The Bertz CT molecular complexity index is 829. The van der Waals surface area contributed by atoms with Crippen LogP contribution in [0.4, 0.5) is 4.79 Å². The molecule has 0 spiro atoms. The number of nitrogens with one attached hydrogen (secondary N) is 1. The Labute approximate surface area is 193 Å². The maximum Gasteiger partial charge on any atom is 0.325 e. The van der Waals surface area contributed by atoms with Gasteiger partial charge in [-0.2, -0.15) is 0 Å². The zero-order chi connectivity index (χ0) is 23.2. The second kappa shape index (κ2) is 14.2. The van der Waals surface area contributed by atoms with E-state index in [1.165, 1.54) is 4.90 Å². The second-order valence-electron chi connectivity index (χ2n) is 7.05. The predicted molar refractivity (Wildman–Crippen MR) is 123 cm³/mol. The first-order valence-corrected chi connectivity index (χ1v) is 11.4. The van der Waals surface area contributed by atoms with Crippen LogP contribution in [0.1, 0.15) is 23.8 Å². The molecule has 0 aliphatic rings. The third-order valence-electron chi connectivity index (χ3n) is 4.57. The number of urea groups is 1. The van der Waals surface area contributed by atoms with E-state index in [4.69, 9.17) is 9.47 Å². The third kappa shape index (κ3) is 9.07. The Morgan fingerprint density at radius 2 is 1.81 bits per heavy atom. The summed E-state index contributed by atoms with van der Waals surface area (Å²) in [6.45, 7) is 3.27. The molecule has 0 saturated heterocycles. The third-order valence-corrected chi connectivity index (χ3v) is 5.44. The van der Waals surface area contributed by atoms with Gasteiger partial charge in [-0.1, -0.05) is 36.4 Å². The Hall–Kier alpha value is -2.91. The quantitative estimate of drug-likeness (QED) is 0.366. The average molecular weight is 462 g/mol. The largest absolute Gasteiger partial charge is 0.465 e. The Kier molecular flexibility index (Phi) is 11.3. The van der Waals surface area contributed by atoms with Crippen LogP contribution >= 0.6 is 11.3 Å². The molecule has 1 aromatic carbocycles. The van der Waals surface area contributed by atoms with E-state index in [1.807, 2.05) is 47.8 Å². The molecule has 174 valence electrons. The fraction of sp³-hybridized carbons (Fsp3) is 0.435. The standard InChI is InChI=1S/C23H31N3O5S/c1-3-31-22(28)15-24-23(29)25(12-8-13-30-2)18-21(27)26(17-20-11-7-14-32-20)16-19-9-5-4-6-10-19/h4-7,9-11,14H,3,8,12-13,15-18H2,1-2H3,(H,24,29). The highest BCUT2D eigenvalue weighted by molar-refractivity contribution is 7.09. The minimum Gasteiger partial charge on any atom is -0.465 e. The van der Waals surface area contributed by atoms with Crippen molar-refractivity contribution >= 4 is 29.2 Å². The zero-order valence-corrected chi connectivity index (χ0v) is 19.4. The number of benzene rings is 1. The summed E-state index contributed by atoms with van der Waals surface area (Å²) in [5.41, 5.74) is 1.01. The van der Waals surface area contributed by atoms with Gasteiger partial charge in [0.05, 0.1) is 13.2 Å². The van der Waals surface area contributed by atoms with Crippen LogP contribution in [-0.4, -0.2) is 67.7 Å². The van der Waals surface area contributed by atoms with Gasteiger partial charge in [0.25, 0.3) is 0 Å². The number of thiophene rings is 1. The first-order chi connectivity index (χ1) is 15.5. The van der Waals surface area contributed by atoms with E-state index < -0.39 is 12.0 Å². The van der Waals surface area contributed by atoms with Crippen molar-refractivity contribution in [3.05, 3.63) is 58.3 Å². The molecule has 0 saturated carbocycles. The monoisotopic (exact) mass is 461 g/mol. The van der Waals surface area contributed by atoms with Crippen LogP contribution in [0.3, 0.4) is 0 Å². The molecule has 0 radical (unpaired) electrons. The molecule has 0 atom stereocenters. The van der Waals surface area contributed by atoms with Crippen LogP contribution in [0, 0.1) is 0 Å². The van der Waals surface area contributed by atoms with Crippen LogP contribution in [0.2, 0.25) is 0 Å². The van der Waals surface area contributed by atoms with Gasteiger partial charge in [0.2, 0.25) is 5.91 Å². The first-order valence-electron chi connectivity index (χ1n) is 10.5. The summed E-state index contributed by atoms with van der Waals surface area (Å²) in [5, 5.41) is 4.51. The van der Waals surface area contributed by atoms with Crippen molar-refractivity contribution in [1.29, 1.82) is 0 Å². The van der Waals surface area contributed by atoms with Crippen LogP contribution in [0.25, 0.3) is 0 Å². The van der Waals surface area contributed by atoms with Gasteiger partial charge in [-0.05, 0) is 30.4 Å². The van der Waals surface area contributed by atoms with Gasteiger partial charge in [0.1, 0.15) is 13.1 Å². The molecule has 1 aromatic heterocycles. The number of carbonyl (C=O) groups excluding carboxylic acids is 3. The van der Waals surface area contributed by atoms with E-state index in [2.05, 4.69) is 5.32 Å². The Balaban J connectivity index is 2.08. The molecular formula is C23H31N3O5S. The lowest BCUT2D eigenvalue weighted by atomic mass is 10.2. The number of esters is 1. The van der Waals surface area contributed by atoms with E-state index in [-0.39, 0.29) is 25.6 Å². The summed E-state index contributed by atoms with van der Waals surface area (Å²) in [5.74, 6) is -0.696. The average Bonchev–Trinajstić information content (AvgIpc) is 3.30. The topological polar surface area (TPSA) is 88.2 Å². The van der Waals surface area contributed by atoms with Crippen molar-refractivity contribution < 1.29 is 23.9 Å². The van der Waals surface area contributed by atoms with Gasteiger partial charge in [-0.15, -0.1) is 11.3 Å². The number of amides is 3. The number of ether oxygens (including phenoxy) is 2. The Morgan fingerprint density at radius 1 is 1.03 bits per heavy atom. The molecule has 0 aliphatic carbocycles. The number of methoxy groups -OCH3 is 1. The fourth-order valence-electron chi connectivity index (χ4n) is 3.01. The van der Waals surface area contributed by atoms with Crippen molar-refractivity contribution in [2.45, 2.75) is 26.4 Å². The molecule has 2 aromatic rings. The van der Waals surface area contributed by atoms with Crippen LogP contribution in [0.5, 0.6) is 0 Å². The van der Waals surface area contributed by atoms with Crippen molar-refractivity contribution in [2.75, 3.05) is 40.0 Å². The summed E-state index contributed by atoms with van der Waals surface area (Å²) < 4.78 is 9.93. The van der Waals surface area contributed by atoms with Crippen molar-refractivity contribution in [1.82, 2.24) is 15.1 Å².